The van der Waals surface area contributed by atoms with Crippen molar-refractivity contribution < 1.29 is 4.39 Å². The van der Waals surface area contributed by atoms with Crippen LogP contribution in [0.5, 0.6) is 0 Å². The molecule has 0 atom stereocenters. The van der Waals surface area contributed by atoms with Crippen LogP contribution in [-0.4, -0.2) is 4.98 Å². The number of alkyl halides is 3. The normalized spacial score (nSPS) is 11.8. The lowest BCUT2D eigenvalue weighted by Gasteiger charge is -2.12. The number of pyridine rings is 1. The molecule has 0 N–H and O–H groups in total. The topological polar surface area (TPSA) is 12.9 Å². The monoisotopic (exact) mass is 281 g/mol. The van der Waals surface area contributed by atoms with Crippen LogP contribution >= 0.6 is 58.0 Å². The summed E-state index contributed by atoms with van der Waals surface area (Å²) in [6.45, 7) is 0. The van der Waals surface area contributed by atoms with Gasteiger partial charge in [0.25, 0.3) is 0 Å². The lowest BCUT2D eigenvalue weighted by molar-refractivity contribution is 0.619. The highest BCUT2D eigenvalue weighted by Gasteiger charge is 2.28. The Morgan fingerprint density at radius 2 is 1.69 bits per heavy atom. The molecule has 1 nitrogen and oxygen atoms in total. The molecule has 1 aromatic rings. The zero-order valence-corrected chi connectivity index (χ0v) is 9.57. The van der Waals surface area contributed by atoms with Gasteiger partial charge in [0.1, 0.15) is 5.15 Å². The van der Waals surface area contributed by atoms with E-state index in [-0.39, 0.29) is 15.9 Å². The van der Waals surface area contributed by atoms with Gasteiger partial charge in [0.2, 0.25) is 3.79 Å². The Labute approximate surface area is 98.7 Å². The minimum absolute atomic E-state index is 0.0407. The van der Waals surface area contributed by atoms with Crippen molar-refractivity contribution >= 4 is 58.0 Å². The van der Waals surface area contributed by atoms with E-state index in [9.17, 15) is 4.39 Å². The first-order chi connectivity index (χ1) is 5.82. The molecular formula is C6HCl5FN. The van der Waals surface area contributed by atoms with Gasteiger partial charge in [-0.3, -0.25) is 0 Å². The molecule has 0 spiro atoms. The molecule has 1 rings (SSSR count). The predicted octanol–water partition coefficient (Wildman–Crippen LogP) is 4.35. The van der Waals surface area contributed by atoms with Crippen LogP contribution in [0.25, 0.3) is 0 Å². The maximum atomic E-state index is 12.9. The molecule has 0 fully saturated rings. The lowest BCUT2D eigenvalue weighted by Crippen LogP contribution is -2.03. The summed E-state index contributed by atoms with van der Waals surface area (Å²) in [5.41, 5.74) is -0.0407. The first-order valence-corrected chi connectivity index (χ1v) is 4.80. The van der Waals surface area contributed by atoms with Gasteiger partial charge in [-0.1, -0.05) is 58.0 Å². The summed E-state index contributed by atoms with van der Waals surface area (Å²) in [5.74, 6) is -0.785. The molecule has 0 saturated carbocycles. The Bertz CT molecular complexity index is 335. The van der Waals surface area contributed by atoms with Crippen LogP contribution in [0, 0.1) is 5.82 Å². The van der Waals surface area contributed by atoms with Crippen molar-refractivity contribution in [1.82, 2.24) is 4.98 Å². The van der Waals surface area contributed by atoms with Crippen LogP contribution in [-0.2, 0) is 3.79 Å². The highest BCUT2D eigenvalue weighted by molar-refractivity contribution is 6.67. The Kier molecular flexibility index (Phi) is 3.53. The summed E-state index contributed by atoms with van der Waals surface area (Å²) in [4.78, 5) is 3.44. The second kappa shape index (κ2) is 3.95. The number of aromatic nitrogens is 1. The number of hydrogen-bond acceptors (Lipinski definition) is 1. The number of nitrogens with zero attached hydrogens (tertiary/aromatic N) is 1. The van der Waals surface area contributed by atoms with Crippen molar-refractivity contribution in [1.29, 1.82) is 0 Å². The van der Waals surface area contributed by atoms with E-state index in [1.54, 1.807) is 0 Å². The number of rotatable bonds is 0. The standard InChI is InChI=1S/C6HCl5FN/c7-4-2(6(9,10)11)1-3(12)5(8)13-4/h1H. The average Bonchev–Trinajstić information content (AvgIpc) is 1.94. The van der Waals surface area contributed by atoms with Crippen LogP contribution in [0.4, 0.5) is 4.39 Å². The summed E-state index contributed by atoms with van der Waals surface area (Å²) in [5, 5.41) is -0.491. The molecule has 0 aliphatic carbocycles. The highest BCUT2D eigenvalue weighted by atomic mass is 35.6. The summed E-state index contributed by atoms with van der Waals surface area (Å²) in [6.07, 6.45) is 0. The summed E-state index contributed by atoms with van der Waals surface area (Å²) in [6, 6.07) is 0.935. The Balaban J connectivity index is 3.32. The van der Waals surface area contributed by atoms with Gasteiger partial charge >= 0.3 is 0 Å². The van der Waals surface area contributed by atoms with Gasteiger partial charge in [0.05, 0.1) is 0 Å². The Morgan fingerprint density at radius 3 is 2.15 bits per heavy atom. The van der Waals surface area contributed by atoms with Crippen LogP contribution in [0.15, 0.2) is 6.07 Å². The third-order valence-electron chi connectivity index (χ3n) is 1.19. The van der Waals surface area contributed by atoms with E-state index in [1.807, 2.05) is 0 Å². The summed E-state index contributed by atoms with van der Waals surface area (Å²) in [7, 11) is 0. The zero-order chi connectivity index (χ0) is 10.2. The van der Waals surface area contributed by atoms with E-state index in [0.717, 1.165) is 6.07 Å². The lowest BCUT2D eigenvalue weighted by atomic mass is 10.3. The zero-order valence-electron chi connectivity index (χ0n) is 5.79. The van der Waals surface area contributed by atoms with Gasteiger partial charge in [-0.25, -0.2) is 9.37 Å². The molecule has 1 heterocycles. The molecule has 0 aromatic carbocycles. The molecule has 0 aliphatic rings. The van der Waals surface area contributed by atoms with Gasteiger partial charge in [-0.2, -0.15) is 0 Å². The fraction of sp³-hybridized carbons (Fsp3) is 0.167. The quantitative estimate of drug-likeness (QED) is 0.509. The van der Waals surface area contributed by atoms with Crippen molar-refractivity contribution in [2.75, 3.05) is 0 Å². The van der Waals surface area contributed by atoms with Gasteiger partial charge < -0.3 is 0 Å². The molecule has 1 aromatic heterocycles. The Morgan fingerprint density at radius 1 is 1.15 bits per heavy atom. The van der Waals surface area contributed by atoms with E-state index in [1.165, 1.54) is 0 Å². The second-order valence-electron chi connectivity index (χ2n) is 2.10. The van der Waals surface area contributed by atoms with Crippen LogP contribution < -0.4 is 0 Å². The molecule has 0 saturated heterocycles. The maximum absolute atomic E-state index is 12.9. The largest absolute Gasteiger partial charge is 0.221 e. The van der Waals surface area contributed by atoms with E-state index < -0.39 is 9.61 Å². The van der Waals surface area contributed by atoms with Crippen molar-refractivity contribution in [3.8, 4) is 0 Å². The molecule has 72 valence electrons. The van der Waals surface area contributed by atoms with E-state index in [4.69, 9.17) is 58.0 Å². The van der Waals surface area contributed by atoms with Crippen LogP contribution in [0.2, 0.25) is 10.3 Å². The third-order valence-corrected chi connectivity index (χ3v) is 2.36. The molecular weight excluding hydrogens is 282 g/mol. The smallest absolute Gasteiger partial charge is 0.219 e. The fourth-order valence-electron chi connectivity index (χ4n) is 0.644. The SMILES string of the molecule is Fc1cc(C(Cl)(Cl)Cl)c(Cl)nc1Cl. The van der Waals surface area contributed by atoms with E-state index >= 15 is 0 Å². The molecule has 0 unspecified atom stereocenters. The van der Waals surface area contributed by atoms with E-state index in [2.05, 4.69) is 4.98 Å². The average molecular weight is 283 g/mol. The molecule has 0 amide bonds. The minimum Gasteiger partial charge on any atom is -0.221 e. The number of halogens is 6. The van der Waals surface area contributed by atoms with Crippen molar-refractivity contribution in [2.24, 2.45) is 0 Å². The molecule has 0 bridgehead atoms. The second-order valence-corrected chi connectivity index (χ2v) is 5.09. The van der Waals surface area contributed by atoms with Gasteiger partial charge in [0.15, 0.2) is 11.0 Å². The minimum atomic E-state index is -1.81. The van der Waals surface area contributed by atoms with Gasteiger partial charge in [-0.05, 0) is 6.07 Å². The first kappa shape index (κ1) is 11.6. The van der Waals surface area contributed by atoms with Crippen LogP contribution in [0.1, 0.15) is 5.56 Å². The van der Waals surface area contributed by atoms with Crippen molar-refractivity contribution in [2.45, 2.75) is 3.79 Å². The highest BCUT2D eigenvalue weighted by Crippen LogP contribution is 2.41. The fourth-order valence-corrected chi connectivity index (χ4v) is 1.68. The Hall–Kier alpha value is 0.530. The molecule has 0 radical (unpaired) electrons. The van der Waals surface area contributed by atoms with Gasteiger partial charge in [-0.15, -0.1) is 0 Å². The van der Waals surface area contributed by atoms with E-state index in [0.29, 0.717) is 0 Å². The molecule has 13 heavy (non-hydrogen) atoms. The van der Waals surface area contributed by atoms with Crippen molar-refractivity contribution in [3.63, 3.8) is 0 Å². The van der Waals surface area contributed by atoms with Crippen LogP contribution in [0.3, 0.4) is 0 Å². The summed E-state index contributed by atoms with van der Waals surface area (Å²) >= 11 is 27.4. The van der Waals surface area contributed by atoms with Gasteiger partial charge in [0, 0.05) is 5.56 Å². The first-order valence-electron chi connectivity index (χ1n) is 2.91. The molecule has 7 heteroatoms. The maximum Gasteiger partial charge on any atom is 0.219 e. The number of hydrogen-bond donors (Lipinski definition) is 0. The third kappa shape index (κ3) is 2.74. The predicted molar refractivity (Wildman–Crippen MR) is 53.5 cm³/mol. The van der Waals surface area contributed by atoms with Crippen molar-refractivity contribution in [3.05, 3.63) is 27.8 Å². The summed E-state index contributed by atoms with van der Waals surface area (Å²) < 4.78 is 11.1. The molecule has 0 aliphatic heterocycles.